The Hall–Kier alpha value is -3.34. The molecule has 0 bridgehead atoms. The fourth-order valence-electron chi connectivity index (χ4n) is 2.26. The molecule has 0 spiro atoms. The summed E-state index contributed by atoms with van der Waals surface area (Å²) in [6, 6.07) is 4.29. The molecule has 0 radical (unpaired) electrons. The number of aryl methyl sites for hydroxylation is 1. The van der Waals surface area contributed by atoms with Gasteiger partial charge in [-0.1, -0.05) is 17.7 Å². The highest BCUT2D eigenvalue weighted by molar-refractivity contribution is 6.31. The van der Waals surface area contributed by atoms with E-state index < -0.39 is 22.3 Å². The van der Waals surface area contributed by atoms with Crippen LogP contribution in [0.2, 0.25) is 5.02 Å². The molecule has 1 amide bonds. The smallest absolute Gasteiger partial charge is 0.288 e. The van der Waals surface area contributed by atoms with Crippen LogP contribution in [-0.2, 0) is 13.6 Å². The van der Waals surface area contributed by atoms with Crippen LogP contribution in [0.4, 0.5) is 16.0 Å². The minimum Gasteiger partial charge on any atom is -0.288 e. The van der Waals surface area contributed by atoms with Crippen molar-refractivity contribution in [1.29, 1.82) is 0 Å². The Labute approximate surface area is 150 Å². The van der Waals surface area contributed by atoms with Gasteiger partial charge in [0, 0.05) is 17.6 Å². The van der Waals surface area contributed by atoms with Crippen LogP contribution < -0.4 is 5.32 Å². The number of nitrogens with one attached hydrogen (secondary N) is 1. The Morgan fingerprint density at radius 3 is 2.92 bits per heavy atom. The minimum atomic E-state index is -0.793. The standard InChI is InChI=1S/C14H11ClFN7O3/c1-21-12(11(5-18-21)23(25)26)13(24)19-14-17-7-22(20-14)6-8-9(15)3-2-4-10(8)16/h2-5,7H,6H2,1H3,(H,19,20,24). The molecular formula is C14H11ClFN7O3. The summed E-state index contributed by atoms with van der Waals surface area (Å²) in [5.74, 6) is -1.39. The van der Waals surface area contributed by atoms with E-state index in [0.717, 1.165) is 10.9 Å². The first-order chi connectivity index (χ1) is 12.4. The lowest BCUT2D eigenvalue weighted by atomic mass is 10.2. The number of hydrogen-bond donors (Lipinski definition) is 1. The largest absolute Gasteiger partial charge is 0.320 e. The first kappa shape index (κ1) is 17.5. The van der Waals surface area contributed by atoms with Crippen molar-refractivity contribution in [3.63, 3.8) is 0 Å². The SMILES string of the molecule is Cn1ncc([N+](=O)[O-])c1C(=O)Nc1ncn(Cc2c(F)cccc2Cl)n1. The van der Waals surface area contributed by atoms with Crippen LogP contribution in [0.1, 0.15) is 16.1 Å². The van der Waals surface area contributed by atoms with Gasteiger partial charge in [-0.3, -0.25) is 24.9 Å². The first-order valence-electron chi connectivity index (χ1n) is 7.17. The first-order valence-corrected chi connectivity index (χ1v) is 7.54. The van der Waals surface area contributed by atoms with Gasteiger partial charge in [0.15, 0.2) is 0 Å². The lowest BCUT2D eigenvalue weighted by molar-refractivity contribution is -0.385. The quantitative estimate of drug-likeness (QED) is 0.534. The molecule has 3 rings (SSSR count). The number of anilines is 1. The maximum atomic E-state index is 13.8. The van der Waals surface area contributed by atoms with Gasteiger partial charge >= 0.3 is 5.69 Å². The topological polar surface area (TPSA) is 121 Å². The lowest BCUT2D eigenvalue weighted by Crippen LogP contribution is -2.18. The summed E-state index contributed by atoms with van der Waals surface area (Å²) >= 11 is 5.96. The molecule has 0 unspecified atom stereocenters. The van der Waals surface area contributed by atoms with E-state index in [1.165, 1.54) is 30.2 Å². The second-order valence-electron chi connectivity index (χ2n) is 5.18. The molecule has 12 heteroatoms. The molecular weight excluding hydrogens is 369 g/mol. The number of nitrogens with zero attached hydrogens (tertiary/aromatic N) is 6. The highest BCUT2D eigenvalue weighted by Gasteiger charge is 2.26. The van der Waals surface area contributed by atoms with Gasteiger partial charge in [0.25, 0.3) is 5.91 Å². The van der Waals surface area contributed by atoms with Crippen molar-refractivity contribution in [2.24, 2.45) is 7.05 Å². The Morgan fingerprint density at radius 2 is 2.23 bits per heavy atom. The van der Waals surface area contributed by atoms with Gasteiger partial charge in [-0.25, -0.2) is 14.1 Å². The summed E-state index contributed by atoms with van der Waals surface area (Å²) < 4.78 is 16.2. The third-order valence-electron chi connectivity index (χ3n) is 3.47. The fourth-order valence-corrected chi connectivity index (χ4v) is 2.48. The van der Waals surface area contributed by atoms with Crippen molar-refractivity contribution in [2.75, 3.05) is 5.32 Å². The van der Waals surface area contributed by atoms with Crippen molar-refractivity contribution >= 4 is 29.1 Å². The van der Waals surface area contributed by atoms with Crippen molar-refractivity contribution < 1.29 is 14.1 Å². The second kappa shape index (κ2) is 6.88. The summed E-state index contributed by atoms with van der Waals surface area (Å²) in [7, 11) is 1.40. The second-order valence-corrected chi connectivity index (χ2v) is 5.59. The normalized spacial score (nSPS) is 10.7. The third kappa shape index (κ3) is 3.37. The highest BCUT2D eigenvalue weighted by Crippen LogP contribution is 2.20. The molecule has 134 valence electrons. The van der Waals surface area contributed by atoms with Crippen LogP contribution >= 0.6 is 11.6 Å². The molecule has 0 fully saturated rings. The molecule has 2 aromatic heterocycles. The van der Waals surface area contributed by atoms with Crippen LogP contribution in [0.15, 0.2) is 30.7 Å². The van der Waals surface area contributed by atoms with E-state index in [1.54, 1.807) is 6.07 Å². The number of amides is 1. The number of rotatable bonds is 5. The molecule has 3 aromatic rings. The number of carbonyl (C=O) groups is 1. The van der Waals surface area contributed by atoms with Crippen molar-refractivity contribution in [3.05, 3.63) is 62.9 Å². The highest BCUT2D eigenvalue weighted by atomic mass is 35.5. The molecule has 0 saturated heterocycles. The third-order valence-corrected chi connectivity index (χ3v) is 3.83. The van der Waals surface area contributed by atoms with E-state index in [4.69, 9.17) is 11.6 Å². The van der Waals surface area contributed by atoms with Gasteiger partial charge in [-0.2, -0.15) is 5.10 Å². The number of carbonyl (C=O) groups excluding carboxylic acids is 1. The Balaban J connectivity index is 1.78. The van der Waals surface area contributed by atoms with Gasteiger partial charge in [0.1, 0.15) is 18.3 Å². The predicted octanol–water partition coefficient (Wildman–Crippen LogP) is 2.01. The average molecular weight is 380 g/mol. The summed E-state index contributed by atoms with van der Waals surface area (Å²) in [5.41, 5.74) is -0.467. The number of halogens is 2. The Bertz CT molecular complexity index is 980. The van der Waals surface area contributed by atoms with E-state index >= 15 is 0 Å². The van der Waals surface area contributed by atoms with E-state index in [9.17, 15) is 19.3 Å². The number of hydrogen-bond acceptors (Lipinski definition) is 6. The molecule has 0 saturated carbocycles. The zero-order valence-corrected chi connectivity index (χ0v) is 14.0. The van der Waals surface area contributed by atoms with E-state index in [2.05, 4.69) is 20.5 Å². The van der Waals surface area contributed by atoms with Crippen LogP contribution in [0.5, 0.6) is 0 Å². The minimum absolute atomic E-state index is 0.000233. The summed E-state index contributed by atoms with van der Waals surface area (Å²) in [5, 5.41) is 21.2. The summed E-state index contributed by atoms with van der Waals surface area (Å²) in [4.78, 5) is 26.4. The van der Waals surface area contributed by atoms with Crippen LogP contribution in [-0.4, -0.2) is 35.4 Å². The summed E-state index contributed by atoms with van der Waals surface area (Å²) in [6.07, 6.45) is 2.25. The summed E-state index contributed by atoms with van der Waals surface area (Å²) in [6.45, 7) is 0.000233. The maximum absolute atomic E-state index is 13.8. The Kier molecular flexibility index (Phi) is 4.63. The average Bonchev–Trinajstić information content (AvgIpc) is 3.17. The van der Waals surface area contributed by atoms with Gasteiger partial charge in [-0.05, 0) is 12.1 Å². The van der Waals surface area contributed by atoms with E-state index in [-0.39, 0.29) is 28.8 Å². The van der Waals surface area contributed by atoms with Crippen molar-refractivity contribution in [2.45, 2.75) is 6.54 Å². The van der Waals surface area contributed by atoms with Gasteiger partial charge in [0.2, 0.25) is 11.6 Å². The van der Waals surface area contributed by atoms with Crippen molar-refractivity contribution in [3.8, 4) is 0 Å². The molecule has 2 heterocycles. The fraction of sp³-hybridized carbons (Fsp3) is 0.143. The van der Waals surface area contributed by atoms with Gasteiger partial charge in [0.05, 0.1) is 11.5 Å². The van der Waals surface area contributed by atoms with Gasteiger partial charge < -0.3 is 0 Å². The van der Waals surface area contributed by atoms with Crippen molar-refractivity contribution in [1.82, 2.24) is 24.5 Å². The molecule has 0 atom stereocenters. The van der Waals surface area contributed by atoms with Gasteiger partial charge in [-0.15, -0.1) is 5.10 Å². The predicted molar refractivity (Wildman–Crippen MR) is 88.3 cm³/mol. The molecule has 1 aromatic carbocycles. The maximum Gasteiger partial charge on any atom is 0.320 e. The monoisotopic (exact) mass is 379 g/mol. The number of aromatic nitrogens is 5. The van der Waals surface area contributed by atoms with Crippen LogP contribution in [0.25, 0.3) is 0 Å². The molecule has 10 nitrogen and oxygen atoms in total. The molecule has 26 heavy (non-hydrogen) atoms. The zero-order valence-electron chi connectivity index (χ0n) is 13.3. The van der Waals surface area contributed by atoms with Crippen LogP contribution in [0.3, 0.4) is 0 Å². The number of benzene rings is 1. The molecule has 0 aliphatic carbocycles. The zero-order chi connectivity index (χ0) is 18.8. The Morgan fingerprint density at radius 1 is 1.46 bits per heavy atom. The van der Waals surface area contributed by atoms with E-state index in [1.807, 2.05) is 0 Å². The number of nitro groups is 1. The van der Waals surface area contributed by atoms with E-state index in [0.29, 0.717) is 0 Å². The molecule has 0 aliphatic rings. The molecule has 1 N–H and O–H groups in total. The van der Waals surface area contributed by atoms with Crippen LogP contribution in [0, 0.1) is 15.9 Å². The lowest BCUT2D eigenvalue weighted by Gasteiger charge is -2.05. The molecule has 0 aliphatic heterocycles.